The van der Waals surface area contributed by atoms with Crippen molar-refractivity contribution >= 4 is 20.2 Å². The second kappa shape index (κ2) is 12.6. The first kappa shape index (κ1) is 26.1. The predicted molar refractivity (Wildman–Crippen MR) is 102 cm³/mol. The summed E-state index contributed by atoms with van der Waals surface area (Å²) in [6.07, 6.45) is 1.13. The molecule has 0 saturated carbocycles. The van der Waals surface area contributed by atoms with E-state index in [2.05, 4.69) is 17.0 Å². The zero-order valence-electron chi connectivity index (χ0n) is 15.9. The van der Waals surface area contributed by atoms with Crippen molar-refractivity contribution in [2.24, 2.45) is 0 Å². The summed E-state index contributed by atoms with van der Waals surface area (Å²) in [7, 11) is -8.54. The van der Waals surface area contributed by atoms with Crippen LogP contribution in [0.15, 0.2) is 58.3 Å². The SMILES string of the molecule is Cc1ccc(S(=O)(=O)[O-])cc1.Cc1ccc(S(=O)(=O)[O-])cc1.[NH3+]CCCN[NH3+]. The summed E-state index contributed by atoms with van der Waals surface area (Å²) in [6.45, 7) is 5.63. The number of quaternary nitrogens is 2. The molecule has 0 amide bonds. The van der Waals surface area contributed by atoms with Crippen molar-refractivity contribution in [1.82, 2.24) is 5.43 Å². The smallest absolute Gasteiger partial charge is 0.124 e. The van der Waals surface area contributed by atoms with Gasteiger partial charge in [0.15, 0.2) is 0 Å². The first-order chi connectivity index (χ1) is 12.9. The van der Waals surface area contributed by atoms with Gasteiger partial charge in [0, 0.05) is 13.0 Å². The van der Waals surface area contributed by atoms with E-state index in [4.69, 9.17) is 0 Å². The number of benzene rings is 2. The van der Waals surface area contributed by atoms with Crippen molar-refractivity contribution in [1.29, 1.82) is 0 Å². The topological polar surface area (TPSA) is 182 Å². The molecule has 158 valence electrons. The number of hydrogen-bond donors (Lipinski definition) is 3. The Labute approximate surface area is 166 Å². The first-order valence-electron chi connectivity index (χ1n) is 8.26. The lowest BCUT2D eigenvalue weighted by molar-refractivity contribution is -0.445. The Hall–Kier alpha value is -1.86. The molecule has 11 heteroatoms. The Morgan fingerprint density at radius 3 is 1.29 bits per heavy atom. The van der Waals surface area contributed by atoms with Gasteiger partial charge in [0.2, 0.25) is 0 Å². The van der Waals surface area contributed by atoms with Gasteiger partial charge in [-0.25, -0.2) is 16.8 Å². The van der Waals surface area contributed by atoms with Gasteiger partial charge in [0.1, 0.15) is 20.2 Å². The minimum atomic E-state index is -4.27. The second-order valence-corrected chi connectivity index (χ2v) is 8.50. The quantitative estimate of drug-likeness (QED) is 0.312. The highest BCUT2D eigenvalue weighted by Crippen LogP contribution is 2.09. The van der Waals surface area contributed by atoms with Crippen molar-refractivity contribution in [3.05, 3.63) is 59.7 Å². The Morgan fingerprint density at radius 2 is 1.11 bits per heavy atom. The fourth-order valence-corrected chi connectivity index (χ4v) is 2.60. The van der Waals surface area contributed by atoms with Crippen LogP contribution in [0.5, 0.6) is 0 Å². The zero-order valence-corrected chi connectivity index (χ0v) is 17.6. The lowest BCUT2D eigenvalue weighted by Gasteiger charge is -2.05. The second-order valence-electron chi connectivity index (χ2n) is 5.74. The minimum Gasteiger partial charge on any atom is -0.744 e. The highest BCUT2D eigenvalue weighted by atomic mass is 32.2. The van der Waals surface area contributed by atoms with Gasteiger partial charge in [-0.3, -0.25) is 5.84 Å². The third-order valence-corrected chi connectivity index (χ3v) is 4.92. The standard InChI is InChI=1S/2C7H8O3S.C3H11N3/c2*1-6-2-4-7(5-3-6)11(8,9)10;4-2-1-3-6-5/h2*2-5H,1H3,(H,8,9,10);6H,1-5H2. The van der Waals surface area contributed by atoms with Crippen LogP contribution in [0.2, 0.25) is 0 Å². The molecule has 28 heavy (non-hydrogen) atoms. The molecule has 7 N–H and O–H groups in total. The number of aryl methyl sites for hydroxylation is 2. The lowest BCUT2D eigenvalue weighted by Crippen LogP contribution is -2.65. The zero-order chi connectivity index (χ0) is 21.8. The van der Waals surface area contributed by atoms with Crippen LogP contribution in [0.1, 0.15) is 17.5 Å². The molecular formula is C17H27N3O6S2. The molecular weight excluding hydrogens is 406 g/mol. The number of rotatable bonds is 5. The molecule has 0 unspecified atom stereocenters. The van der Waals surface area contributed by atoms with Crippen LogP contribution < -0.4 is 17.0 Å². The Bertz CT molecular complexity index is 819. The van der Waals surface area contributed by atoms with Crippen LogP contribution >= 0.6 is 0 Å². The summed E-state index contributed by atoms with van der Waals surface area (Å²) in [6, 6.07) is 11.6. The summed E-state index contributed by atoms with van der Waals surface area (Å²) in [5, 5.41) is 0. The van der Waals surface area contributed by atoms with E-state index in [0.717, 1.165) is 30.6 Å². The van der Waals surface area contributed by atoms with Gasteiger partial charge in [-0.05, 0) is 38.1 Å². The summed E-state index contributed by atoms with van der Waals surface area (Å²) in [5.74, 6) is 3.45. The summed E-state index contributed by atoms with van der Waals surface area (Å²) in [4.78, 5) is -0.355. The third kappa shape index (κ3) is 11.8. The summed E-state index contributed by atoms with van der Waals surface area (Å²) < 4.78 is 62.3. The van der Waals surface area contributed by atoms with Crippen molar-refractivity contribution in [2.45, 2.75) is 30.1 Å². The van der Waals surface area contributed by atoms with Gasteiger partial charge in [-0.15, -0.1) is 0 Å². The Balaban J connectivity index is 0.000000411. The normalized spacial score (nSPS) is 10.9. The van der Waals surface area contributed by atoms with E-state index in [9.17, 15) is 25.9 Å². The average Bonchev–Trinajstić information content (AvgIpc) is 2.60. The largest absolute Gasteiger partial charge is 0.744 e. The van der Waals surface area contributed by atoms with Gasteiger partial charge in [-0.1, -0.05) is 35.4 Å². The van der Waals surface area contributed by atoms with Gasteiger partial charge in [0.05, 0.1) is 16.3 Å². The third-order valence-electron chi connectivity index (χ3n) is 3.22. The Morgan fingerprint density at radius 1 is 0.786 bits per heavy atom. The number of hydrogen-bond acceptors (Lipinski definition) is 7. The first-order valence-corrected chi connectivity index (χ1v) is 11.1. The average molecular weight is 434 g/mol. The van der Waals surface area contributed by atoms with Crippen LogP contribution in [-0.4, -0.2) is 39.0 Å². The summed E-state index contributed by atoms with van der Waals surface area (Å²) >= 11 is 0. The molecule has 0 heterocycles. The molecule has 0 atom stereocenters. The van der Waals surface area contributed by atoms with Gasteiger partial charge in [-0.2, -0.15) is 5.43 Å². The van der Waals surface area contributed by atoms with E-state index in [-0.39, 0.29) is 9.79 Å². The highest BCUT2D eigenvalue weighted by Gasteiger charge is 1.98. The van der Waals surface area contributed by atoms with E-state index >= 15 is 0 Å². The minimum absolute atomic E-state index is 0.178. The molecule has 0 radical (unpaired) electrons. The molecule has 0 spiro atoms. The summed E-state index contributed by atoms with van der Waals surface area (Å²) in [5.41, 5.74) is 8.29. The predicted octanol–water partition coefficient (Wildman–Crippen LogP) is -0.837. The molecule has 0 aromatic heterocycles. The molecule has 0 aliphatic rings. The van der Waals surface area contributed by atoms with Gasteiger partial charge < -0.3 is 14.8 Å². The van der Waals surface area contributed by atoms with E-state index in [1.807, 2.05) is 13.8 Å². The molecule has 0 aliphatic carbocycles. The van der Waals surface area contributed by atoms with E-state index in [1.165, 1.54) is 24.3 Å². The maximum absolute atomic E-state index is 10.4. The van der Waals surface area contributed by atoms with E-state index in [1.54, 1.807) is 24.3 Å². The van der Waals surface area contributed by atoms with Crippen LogP contribution in [0, 0.1) is 13.8 Å². The molecule has 2 aromatic carbocycles. The van der Waals surface area contributed by atoms with Crippen LogP contribution in [0.3, 0.4) is 0 Å². The maximum Gasteiger partial charge on any atom is 0.124 e. The molecule has 0 bridgehead atoms. The van der Waals surface area contributed by atoms with Crippen LogP contribution in [0.25, 0.3) is 0 Å². The Kier molecular flexibility index (Phi) is 11.7. The van der Waals surface area contributed by atoms with Gasteiger partial charge >= 0.3 is 0 Å². The lowest BCUT2D eigenvalue weighted by atomic mass is 10.2. The van der Waals surface area contributed by atoms with Crippen LogP contribution in [0.4, 0.5) is 0 Å². The van der Waals surface area contributed by atoms with Crippen LogP contribution in [-0.2, 0) is 20.2 Å². The van der Waals surface area contributed by atoms with Crippen molar-refractivity contribution < 1.29 is 37.5 Å². The fourth-order valence-electron chi connectivity index (χ4n) is 1.66. The van der Waals surface area contributed by atoms with E-state index < -0.39 is 20.2 Å². The molecule has 2 rings (SSSR count). The molecule has 0 saturated heterocycles. The monoisotopic (exact) mass is 433 g/mol. The molecule has 9 nitrogen and oxygen atoms in total. The molecule has 0 aliphatic heterocycles. The molecule has 2 aromatic rings. The number of nitrogens with one attached hydrogen (secondary N) is 1. The fraction of sp³-hybridized carbons (Fsp3) is 0.294. The molecule has 0 fully saturated rings. The van der Waals surface area contributed by atoms with Crippen molar-refractivity contribution in [3.8, 4) is 0 Å². The van der Waals surface area contributed by atoms with Gasteiger partial charge in [0.25, 0.3) is 0 Å². The van der Waals surface area contributed by atoms with Crippen molar-refractivity contribution in [2.75, 3.05) is 13.1 Å². The highest BCUT2D eigenvalue weighted by molar-refractivity contribution is 7.86. The van der Waals surface area contributed by atoms with E-state index in [0.29, 0.717) is 0 Å². The van der Waals surface area contributed by atoms with Crippen molar-refractivity contribution in [3.63, 3.8) is 0 Å². The maximum atomic E-state index is 10.4.